The van der Waals surface area contributed by atoms with Crippen molar-refractivity contribution < 1.29 is 19.4 Å². The van der Waals surface area contributed by atoms with Crippen molar-refractivity contribution in [1.82, 2.24) is 20.1 Å². The summed E-state index contributed by atoms with van der Waals surface area (Å²) in [4.78, 5) is 26.8. The smallest absolute Gasteiger partial charge is 0.334 e. The molecule has 1 aromatic carbocycles. The van der Waals surface area contributed by atoms with Crippen LogP contribution in [0.1, 0.15) is 15.9 Å². The van der Waals surface area contributed by atoms with E-state index in [1.165, 1.54) is 13.4 Å². The Morgan fingerprint density at radius 3 is 2.77 bits per heavy atom. The lowest BCUT2D eigenvalue weighted by Crippen LogP contribution is -2.38. The average Bonchev–Trinajstić information content (AvgIpc) is 3.01. The lowest BCUT2D eigenvalue weighted by molar-refractivity contribution is -0.148. The number of nitrogens with zero attached hydrogens (tertiary/aromatic N) is 3. The van der Waals surface area contributed by atoms with Crippen molar-refractivity contribution in [2.24, 2.45) is 0 Å². The maximum Gasteiger partial charge on any atom is 0.334 e. The number of aryl methyl sites for hydroxylation is 1. The Balaban J connectivity index is 2.09. The zero-order valence-electron chi connectivity index (χ0n) is 12.2. The third kappa shape index (κ3) is 3.47. The zero-order chi connectivity index (χ0) is 16.1. The van der Waals surface area contributed by atoms with E-state index in [9.17, 15) is 9.59 Å². The molecule has 0 aliphatic carbocycles. The largest absolute Gasteiger partial charge is 0.479 e. The Morgan fingerprint density at radius 1 is 1.45 bits per heavy atom. The van der Waals surface area contributed by atoms with Gasteiger partial charge in [-0.25, -0.2) is 14.5 Å². The van der Waals surface area contributed by atoms with Gasteiger partial charge in [0.25, 0.3) is 5.91 Å². The highest BCUT2D eigenvalue weighted by atomic mass is 16.5. The molecule has 0 saturated carbocycles. The number of carbonyl (C=O) groups is 2. The number of carboxylic acids is 1. The van der Waals surface area contributed by atoms with Gasteiger partial charge in [0, 0.05) is 12.7 Å². The molecule has 22 heavy (non-hydrogen) atoms. The van der Waals surface area contributed by atoms with Crippen molar-refractivity contribution in [2.75, 3.05) is 13.7 Å². The molecule has 2 N–H and O–H groups in total. The van der Waals surface area contributed by atoms with Crippen LogP contribution in [0.5, 0.6) is 0 Å². The number of amides is 1. The number of aliphatic carboxylic acids is 1. The summed E-state index contributed by atoms with van der Waals surface area (Å²) in [5.74, 6) is -1.48. The van der Waals surface area contributed by atoms with E-state index < -0.39 is 12.1 Å². The third-order valence-electron chi connectivity index (χ3n) is 3.15. The minimum atomic E-state index is -1.12. The van der Waals surface area contributed by atoms with Gasteiger partial charge in [0.05, 0.1) is 12.2 Å². The van der Waals surface area contributed by atoms with Gasteiger partial charge in [-0.05, 0) is 30.7 Å². The normalized spacial score (nSPS) is 11.9. The van der Waals surface area contributed by atoms with Crippen molar-refractivity contribution in [1.29, 1.82) is 0 Å². The van der Waals surface area contributed by atoms with Crippen LogP contribution in [0.15, 0.2) is 30.9 Å². The molecular formula is C14H16N4O4. The SMILES string of the molecule is COC(CNC(=O)c1ccc(-n2cncn2)cc1C)C(=O)O. The van der Waals surface area contributed by atoms with Gasteiger partial charge in [0.2, 0.25) is 0 Å². The first-order valence-electron chi connectivity index (χ1n) is 6.52. The fraction of sp³-hybridized carbons (Fsp3) is 0.286. The minimum absolute atomic E-state index is 0.102. The summed E-state index contributed by atoms with van der Waals surface area (Å²) >= 11 is 0. The number of aromatic nitrogens is 3. The molecule has 0 spiro atoms. The highest BCUT2D eigenvalue weighted by Gasteiger charge is 2.18. The monoisotopic (exact) mass is 304 g/mol. The quantitative estimate of drug-likeness (QED) is 0.800. The van der Waals surface area contributed by atoms with Crippen LogP contribution in [-0.2, 0) is 9.53 Å². The number of methoxy groups -OCH3 is 1. The van der Waals surface area contributed by atoms with Gasteiger partial charge >= 0.3 is 5.97 Å². The van der Waals surface area contributed by atoms with Crippen LogP contribution in [0.2, 0.25) is 0 Å². The molecule has 8 nitrogen and oxygen atoms in total. The van der Waals surface area contributed by atoms with Crippen LogP contribution in [0, 0.1) is 6.92 Å². The summed E-state index contributed by atoms with van der Waals surface area (Å²) in [6.07, 6.45) is 1.91. The minimum Gasteiger partial charge on any atom is -0.479 e. The highest BCUT2D eigenvalue weighted by molar-refractivity contribution is 5.96. The molecule has 8 heteroatoms. The summed E-state index contributed by atoms with van der Waals surface area (Å²) in [5, 5.41) is 15.4. The van der Waals surface area contributed by atoms with E-state index in [1.54, 1.807) is 36.1 Å². The maximum absolute atomic E-state index is 12.1. The molecule has 2 rings (SSSR count). The molecule has 0 radical (unpaired) electrons. The predicted octanol–water partition coefficient (Wildman–Crippen LogP) is 0.405. The lowest BCUT2D eigenvalue weighted by atomic mass is 10.1. The first-order chi connectivity index (χ1) is 10.5. The van der Waals surface area contributed by atoms with Crippen LogP contribution >= 0.6 is 0 Å². The van der Waals surface area contributed by atoms with Crippen LogP contribution in [0.3, 0.4) is 0 Å². The Labute approximate surface area is 126 Å². The van der Waals surface area contributed by atoms with Crippen molar-refractivity contribution >= 4 is 11.9 Å². The van der Waals surface area contributed by atoms with Gasteiger partial charge < -0.3 is 15.2 Å². The molecule has 1 aromatic heterocycles. The van der Waals surface area contributed by atoms with E-state index in [0.29, 0.717) is 5.56 Å². The topological polar surface area (TPSA) is 106 Å². The highest BCUT2D eigenvalue weighted by Crippen LogP contribution is 2.13. The maximum atomic E-state index is 12.1. The first kappa shape index (κ1) is 15.6. The molecule has 2 aromatic rings. The summed E-state index contributed by atoms with van der Waals surface area (Å²) < 4.78 is 6.35. The molecular weight excluding hydrogens is 288 g/mol. The fourth-order valence-corrected chi connectivity index (χ4v) is 1.94. The number of carbonyl (C=O) groups excluding carboxylic acids is 1. The van der Waals surface area contributed by atoms with E-state index in [-0.39, 0.29) is 12.5 Å². The molecule has 1 amide bonds. The lowest BCUT2D eigenvalue weighted by Gasteiger charge is -2.13. The molecule has 0 fully saturated rings. The molecule has 0 bridgehead atoms. The summed E-state index contributed by atoms with van der Waals surface area (Å²) in [6, 6.07) is 5.19. The van der Waals surface area contributed by atoms with Gasteiger partial charge in [0.15, 0.2) is 6.10 Å². The fourth-order valence-electron chi connectivity index (χ4n) is 1.94. The summed E-state index contributed by atoms with van der Waals surface area (Å²) in [6.45, 7) is 1.69. The number of benzene rings is 1. The van der Waals surface area contributed by atoms with Gasteiger partial charge in [-0.15, -0.1) is 0 Å². The first-order valence-corrected chi connectivity index (χ1v) is 6.52. The second-order valence-corrected chi connectivity index (χ2v) is 4.61. The van der Waals surface area contributed by atoms with Crippen LogP contribution in [-0.4, -0.2) is 51.5 Å². The Kier molecular flexibility index (Phi) is 4.84. The molecule has 116 valence electrons. The van der Waals surface area contributed by atoms with Gasteiger partial charge in [0.1, 0.15) is 12.7 Å². The van der Waals surface area contributed by atoms with Crippen molar-refractivity contribution in [2.45, 2.75) is 13.0 Å². The van der Waals surface area contributed by atoms with E-state index >= 15 is 0 Å². The predicted molar refractivity (Wildman–Crippen MR) is 76.9 cm³/mol. The number of nitrogens with one attached hydrogen (secondary N) is 1. The van der Waals surface area contributed by atoms with Crippen molar-refractivity contribution in [3.8, 4) is 5.69 Å². The zero-order valence-corrected chi connectivity index (χ0v) is 12.2. The Bertz CT molecular complexity index is 669. The van der Waals surface area contributed by atoms with Gasteiger partial charge in [-0.1, -0.05) is 0 Å². The third-order valence-corrected chi connectivity index (χ3v) is 3.15. The molecule has 0 aliphatic heterocycles. The number of hydrogen-bond acceptors (Lipinski definition) is 5. The number of rotatable bonds is 6. The molecule has 1 atom stereocenters. The standard InChI is InChI=1S/C14H16N4O4/c1-9-5-10(18-8-15-7-17-18)3-4-11(9)13(19)16-6-12(22-2)14(20)21/h3-5,7-8,12H,6H2,1-2H3,(H,16,19)(H,20,21). The number of carboxylic acid groups (broad SMARTS) is 1. The second kappa shape index (κ2) is 6.81. The van der Waals surface area contributed by atoms with Crippen LogP contribution in [0.25, 0.3) is 5.69 Å². The van der Waals surface area contributed by atoms with E-state index in [0.717, 1.165) is 11.3 Å². The molecule has 0 aliphatic rings. The molecule has 1 unspecified atom stereocenters. The van der Waals surface area contributed by atoms with E-state index in [1.807, 2.05) is 0 Å². The Hall–Kier alpha value is -2.74. The van der Waals surface area contributed by atoms with Crippen LogP contribution < -0.4 is 5.32 Å². The second-order valence-electron chi connectivity index (χ2n) is 4.61. The van der Waals surface area contributed by atoms with Crippen LogP contribution in [0.4, 0.5) is 0 Å². The van der Waals surface area contributed by atoms with Crippen molar-refractivity contribution in [3.63, 3.8) is 0 Å². The Morgan fingerprint density at radius 2 is 2.23 bits per heavy atom. The van der Waals surface area contributed by atoms with E-state index in [4.69, 9.17) is 9.84 Å². The molecule has 0 saturated heterocycles. The number of hydrogen-bond donors (Lipinski definition) is 2. The van der Waals surface area contributed by atoms with E-state index in [2.05, 4.69) is 15.4 Å². The summed E-state index contributed by atoms with van der Waals surface area (Å²) in [5.41, 5.74) is 1.99. The number of ether oxygens (including phenoxy) is 1. The van der Waals surface area contributed by atoms with Gasteiger partial charge in [-0.3, -0.25) is 4.79 Å². The van der Waals surface area contributed by atoms with Crippen molar-refractivity contribution in [3.05, 3.63) is 42.0 Å². The molecule has 1 heterocycles. The summed E-state index contributed by atoms with van der Waals surface area (Å²) in [7, 11) is 1.28. The average molecular weight is 304 g/mol. The van der Waals surface area contributed by atoms with Gasteiger partial charge in [-0.2, -0.15) is 5.10 Å².